The van der Waals surface area contributed by atoms with Crippen molar-refractivity contribution in [3.05, 3.63) is 28.3 Å². The molecule has 0 aromatic heterocycles. The highest BCUT2D eigenvalue weighted by Crippen LogP contribution is 2.23. The Hall–Kier alpha value is -1.32. The third-order valence-electron chi connectivity index (χ3n) is 2.07. The molecule has 1 aromatic rings. The number of primary sulfonamides is 1. The minimum atomic E-state index is -3.96. The Kier molecular flexibility index (Phi) is 4.93. The number of sulfonamides is 1. The van der Waals surface area contributed by atoms with Crippen LogP contribution >= 0.6 is 11.8 Å². The van der Waals surface area contributed by atoms with Crippen LogP contribution in [0, 0.1) is 10.1 Å². The summed E-state index contributed by atoms with van der Waals surface area (Å²) >= 11 is 1.60. The normalized spacial score (nSPS) is 11.2. The zero-order chi connectivity index (χ0) is 13.8. The first kappa shape index (κ1) is 14.7. The molecule has 0 aliphatic carbocycles. The van der Waals surface area contributed by atoms with E-state index in [0.29, 0.717) is 12.2 Å². The van der Waals surface area contributed by atoms with Crippen LogP contribution in [0.2, 0.25) is 0 Å². The first-order valence-electron chi connectivity index (χ1n) is 4.89. The van der Waals surface area contributed by atoms with Gasteiger partial charge in [-0.25, -0.2) is 13.6 Å². The standard InChI is InChI=1S/C9H13N3O4S2/c1-17-3-2-11-7-4-8(12(13)14)6-9(5-7)18(10,15)16/h4-6,11H,2-3H2,1H3,(H2,10,15,16). The molecule has 0 radical (unpaired) electrons. The number of non-ortho nitro benzene ring substituents is 1. The van der Waals surface area contributed by atoms with Crippen molar-refractivity contribution in [3.63, 3.8) is 0 Å². The van der Waals surface area contributed by atoms with Crippen molar-refractivity contribution in [2.45, 2.75) is 4.90 Å². The highest BCUT2D eigenvalue weighted by atomic mass is 32.2. The summed E-state index contributed by atoms with van der Waals surface area (Å²) in [5.74, 6) is 0.799. The number of nitrogens with two attached hydrogens (primary N) is 1. The Balaban J connectivity index is 3.11. The number of nitro benzene ring substituents is 1. The SMILES string of the molecule is CSCCNc1cc([N+](=O)[O-])cc(S(N)(=O)=O)c1. The maximum atomic E-state index is 11.2. The number of rotatable bonds is 6. The molecule has 0 bridgehead atoms. The molecule has 0 fully saturated rings. The van der Waals surface area contributed by atoms with Crippen molar-refractivity contribution < 1.29 is 13.3 Å². The average Bonchev–Trinajstić information content (AvgIpc) is 2.28. The fourth-order valence-corrected chi connectivity index (χ4v) is 2.13. The van der Waals surface area contributed by atoms with Crippen LogP contribution in [0.25, 0.3) is 0 Å². The molecule has 7 nitrogen and oxygen atoms in total. The van der Waals surface area contributed by atoms with Crippen molar-refractivity contribution in [1.82, 2.24) is 0 Å². The topological polar surface area (TPSA) is 115 Å². The van der Waals surface area contributed by atoms with Gasteiger partial charge in [-0.15, -0.1) is 0 Å². The van der Waals surface area contributed by atoms with Crippen molar-refractivity contribution in [3.8, 4) is 0 Å². The van der Waals surface area contributed by atoms with E-state index in [9.17, 15) is 18.5 Å². The Bertz CT molecular complexity index is 545. The van der Waals surface area contributed by atoms with Gasteiger partial charge in [0.05, 0.1) is 9.82 Å². The lowest BCUT2D eigenvalue weighted by molar-refractivity contribution is -0.385. The summed E-state index contributed by atoms with van der Waals surface area (Å²) in [6.07, 6.45) is 1.92. The molecule has 0 unspecified atom stereocenters. The third-order valence-corrected chi connectivity index (χ3v) is 3.57. The first-order chi connectivity index (χ1) is 8.34. The van der Waals surface area contributed by atoms with Gasteiger partial charge in [-0.2, -0.15) is 11.8 Å². The van der Waals surface area contributed by atoms with Crippen molar-refractivity contribution in [1.29, 1.82) is 0 Å². The van der Waals surface area contributed by atoms with E-state index in [1.54, 1.807) is 11.8 Å². The fraction of sp³-hybridized carbons (Fsp3) is 0.333. The van der Waals surface area contributed by atoms with Crippen LogP contribution < -0.4 is 10.5 Å². The maximum absolute atomic E-state index is 11.2. The number of nitrogens with zero attached hydrogens (tertiary/aromatic N) is 1. The van der Waals surface area contributed by atoms with E-state index in [0.717, 1.165) is 11.8 Å². The van der Waals surface area contributed by atoms with Gasteiger partial charge in [0.15, 0.2) is 0 Å². The predicted molar refractivity (Wildman–Crippen MR) is 71.3 cm³/mol. The average molecular weight is 291 g/mol. The maximum Gasteiger partial charge on any atom is 0.272 e. The lowest BCUT2D eigenvalue weighted by Gasteiger charge is -2.07. The summed E-state index contributed by atoms with van der Waals surface area (Å²) in [5.41, 5.74) is 0.0513. The van der Waals surface area contributed by atoms with Crippen LogP contribution in [-0.4, -0.2) is 31.9 Å². The van der Waals surface area contributed by atoms with Gasteiger partial charge in [-0.05, 0) is 12.3 Å². The lowest BCUT2D eigenvalue weighted by atomic mass is 10.3. The number of hydrogen-bond donors (Lipinski definition) is 2. The molecule has 9 heteroatoms. The van der Waals surface area contributed by atoms with E-state index in [-0.39, 0.29) is 10.6 Å². The molecule has 3 N–H and O–H groups in total. The minimum Gasteiger partial charge on any atom is -0.384 e. The van der Waals surface area contributed by atoms with E-state index >= 15 is 0 Å². The van der Waals surface area contributed by atoms with E-state index < -0.39 is 14.9 Å². The number of benzene rings is 1. The Morgan fingerprint density at radius 1 is 1.44 bits per heavy atom. The van der Waals surface area contributed by atoms with Crippen LogP contribution in [0.4, 0.5) is 11.4 Å². The zero-order valence-corrected chi connectivity index (χ0v) is 11.3. The number of nitro groups is 1. The summed E-state index contributed by atoms with van der Waals surface area (Å²) in [4.78, 5) is 9.77. The smallest absolute Gasteiger partial charge is 0.272 e. The molecular formula is C9H13N3O4S2. The predicted octanol–water partition coefficient (Wildman–Crippen LogP) is 1.02. The molecule has 0 aliphatic heterocycles. The third kappa shape index (κ3) is 4.17. The molecule has 100 valence electrons. The molecular weight excluding hydrogens is 278 g/mol. The number of thioether (sulfide) groups is 1. The molecule has 0 aliphatic rings. The lowest BCUT2D eigenvalue weighted by Crippen LogP contribution is -2.13. The molecule has 0 atom stereocenters. The Morgan fingerprint density at radius 2 is 2.11 bits per heavy atom. The van der Waals surface area contributed by atoms with Crippen LogP contribution in [0.3, 0.4) is 0 Å². The van der Waals surface area contributed by atoms with E-state index in [1.165, 1.54) is 12.1 Å². The molecule has 0 saturated heterocycles. The second kappa shape index (κ2) is 6.03. The Morgan fingerprint density at radius 3 is 2.61 bits per heavy atom. The minimum absolute atomic E-state index is 0.275. The van der Waals surface area contributed by atoms with E-state index in [2.05, 4.69) is 5.32 Å². The molecule has 18 heavy (non-hydrogen) atoms. The summed E-state index contributed by atoms with van der Waals surface area (Å²) < 4.78 is 22.4. The van der Waals surface area contributed by atoms with Gasteiger partial charge in [0.25, 0.3) is 5.69 Å². The second-order valence-electron chi connectivity index (χ2n) is 3.44. The van der Waals surface area contributed by atoms with E-state index in [4.69, 9.17) is 5.14 Å². The van der Waals surface area contributed by atoms with Gasteiger partial charge in [-0.1, -0.05) is 0 Å². The van der Waals surface area contributed by atoms with Crippen LogP contribution in [0.5, 0.6) is 0 Å². The van der Waals surface area contributed by atoms with Gasteiger partial charge >= 0.3 is 0 Å². The molecule has 0 amide bonds. The number of nitrogens with one attached hydrogen (secondary N) is 1. The molecule has 0 heterocycles. The summed E-state index contributed by atoms with van der Waals surface area (Å²) in [6, 6.07) is 3.49. The van der Waals surface area contributed by atoms with Gasteiger partial charge in [0.1, 0.15) is 0 Å². The molecule has 1 aromatic carbocycles. The first-order valence-corrected chi connectivity index (χ1v) is 7.83. The second-order valence-corrected chi connectivity index (χ2v) is 5.98. The summed E-state index contributed by atoms with van der Waals surface area (Å²) in [5, 5.41) is 18.6. The summed E-state index contributed by atoms with van der Waals surface area (Å²) in [6.45, 7) is 0.576. The van der Waals surface area contributed by atoms with Crippen LogP contribution in [0.1, 0.15) is 0 Å². The Labute approximate surface area is 109 Å². The van der Waals surface area contributed by atoms with E-state index in [1.807, 2.05) is 6.26 Å². The molecule has 1 rings (SSSR count). The van der Waals surface area contributed by atoms with Crippen LogP contribution in [-0.2, 0) is 10.0 Å². The number of hydrogen-bond acceptors (Lipinski definition) is 6. The molecule has 0 saturated carbocycles. The highest BCUT2D eigenvalue weighted by molar-refractivity contribution is 7.98. The van der Waals surface area contributed by atoms with Gasteiger partial charge < -0.3 is 5.32 Å². The fourth-order valence-electron chi connectivity index (χ4n) is 1.25. The van der Waals surface area contributed by atoms with Gasteiger partial charge in [0.2, 0.25) is 10.0 Å². The zero-order valence-electron chi connectivity index (χ0n) is 9.62. The highest BCUT2D eigenvalue weighted by Gasteiger charge is 2.16. The van der Waals surface area contributed by atoms with Crippen molar-refractivity contribution in [2.24, 2.45) is 5.14 Å². The largest absolute Gasteiger partial charge is 0.384 e. The number of anilines is 1. The van der Waals surface area contributed by atoms with Crippen molar-refractivity contribution in [2.75, 3.05) is 23.9 Å². The summed E-state index contributed by atoms with van der Waals surface area (Å²) in [7, 11) is -3.96. The van der Waals surface area contributed by atoms with Gasteiger partial charge in [-0.3, -0.25) is 10.1 Å². The van der Waals surface area contributed by atoms with Crippen molar-refractivity contribution >= 4 is 33.2 Å². The quantitative estimate of drug-likeness (QED) is 0.459. The van der Waals surface area contributed by atoms with Crippen LogP contribution in [0.15, 0.2) is 23.1 Å². The van der Waals surface area contributed by atoms with Gasteiger partial charge in [0, 0.05) is 30.1 Å². The molecule has 0 spiro atoms. The monoisotopic (exact) mass is 291 g/mol.